The van der Waals surface area contributed by atoms with Crippen molar-refractivity contribution in [1.29, 1.82) is 0 Å². The van der Waals surface area contributed by atoms with E-state index in [9.17, 15) is 5.11 Å². The van der Waals surface area contributed by atoms with Gasteiger partial charge in [-0.25, -0.2) is 0 Å². The first-order valence-corrected chi connectivity index (χ1v) is 6.12. The molecule has 1 N–H and O–H groups in total. The number of ether oxygens (including phenoxy) is 3. The van der Waals surface area contributed by atoms with Crippen LogP contribution in [0.5, 0.6) is 17.2 Å². The van der Waals surface area contributed by atoms with E-state index in [0.29, 0.717) is 28.7 Å². The summed E-state index contributed by atoms with van der Waals surface area (Å²) in [6, 6.07) is 1.68. The third-order valence-corrected chi connectivity index (χ3v) is 3.63. The average Bonchev–Trinajstić information content (AvgIpc) is 3.09. The molecule has 0 saturated heterocycles. The Morgan fingerprint density at radius 3 is 2.22 bits per heavy atom. The van der Waals surface area contributed by atoms with Gasteiger partial charge in [-0.2, -0.15) is 0 Å². The first-order chi connectivity index (χ1) is 8.54. The molecular formula is C13H17ClO4. The van der Waals surface area contributed by atoms with Gasteiger partial charge in [0.25, 0.3) is 0 Å². The van der Waals surface area contributed by atoms with Crippen molar-refractivity contribution < 1.29 is 19.3 Å². The van der Waals surface area contributed by atoms with Crippen LogP contribution in [0.1, 0.15) is 18.4 Å². The summed E-state index contributed by atoms with van der Waals surface area (Å²) in [6.45, 7) is 0. The van der Waals surface area contributed by atoms with Crippen LogP contribution in [-0.4, -0.2) is 32.0 Å². The highest BCUT2D eigenvalue weighted by Crippen LogP contribution is 2.47. The minimum Gasteiger partial charge on any atom is -0.495 e. The van der Waals surface area contributed by atoms with Gasteiger partial charge in [-0.3, -0.25) is 0 Å². The molecule has 0 heterocycles. The molecular weight excluding hydrogens is 256 g/mol. The number of rotatable bonds is 5. The van der Waals surface area contributed by atoms with Crippen LogP contribution in [0.4, 0.5) is 0 Å². The summed E-state index contributed by atoms with van der Waals surface area (Å²) in [6.07, 6.45) is 2.01. The summed E-state index contributed by atoms with van der Waals surface area (Å²) in [5.74, 6) is 1.63. The monoisotopic (exact) mass is 272 g/mol. The lowest BCUT2D eigenvalue weighted by Crippen LogP contribution is -2.13. The molecule has 5 heteroatoms. The van der Waals surface area contributed by atoms with Gasteiger partial charge in [0, 0.05) is 18.1 Å². The summed E-state index contributed by atoms with van der Waals surface area (Å²) in [7, 11) is 4.66. The lowest BCUT2D eigenvalue weighted by Gasteiger charge is -2.18. The number of methoxy groups -OCH3 is 3. The Balaban J connectivity index is 2.51. The SMILES string of the molecule is COc1cc(OC)c(OC)c(CC2(O)CC2)c1Cl. The molecule has 0 aromatic heterocycles. The second kappa shape index (κ2) is 4.86. The Labute approximate surface area is 111 Å². The quantitative estimate of drug-likeness (QED) is 0.894. The van der Waals surface area contributed by atoms with Gasteiger partial charge < -0.3 is 19.3 Å². The van der Waals surface area contributed by atoms with Crippen LogP contribution < -0.4 is 14.2 Å². The topological polar surface area (TPSA) is 47.9 Å². The standard InChI is InChI=1S/C13H17ClO4/c1-16-9-6-10(17-2)12(18-3)8(11(9)14)7-13(15)4-5-13/h6,15H,4-5,7H2,1-3H3. The Hall–Kier alpha value is -1.13. The molecule has 0 amide bonds. The van der Waals surface area contributed by atoms with Gasteiger partial charge in [0.05, 0.1) is 32.0 Å². The minimum atomic E-state index is -0.658. The van der Waals surface area contributed by atoms with Crippen LogP contribution in [0.15, 0.2) is 6.07 Å². The molecule has 1 aliphatic rings. The second-order valence-corrected chi connectivity index (χ2v) is 4.89. The van der Waals surface area contributed by atoms with Gasteiger partial charge in [0.1, 0.15) is 5.75 Å². The lowest BCUT2D eigenvalue weighted by molar-refractivity contribution is 0.149. The van der Waals surface area contributed by atoms with Crippen molar-refractivity contribution >= 4 is 11.6 Å². The fourth-order valence-corrected chi connectivity index (χ4v) is 2.26. The number of halogens is 1. The fourth-order valence-electron chi connectivity index (χ4n) is 1.98. The zero-order valence-electron chi connectivity index (χ0n) is 10.7. The summed E-state index contributed by atoms with van der Waals surface area (Å²) >= 11 is 6.28. The molecule has 18 heavy (non-hydrogen) atoms. The van der Waals surface area contributed by atoms with Gasteiger partial charge in [-0.1, -0.05) is 11.6 Å². The predicted octanol–water partition coefficient (Wildman–Crippen LogP) is 2.43. The van der Waals surface area contributed by atoms with Crippen molar-refractivity contribution in [2.75, 3.05) is 21.3 Å². The molecule has 0 atom stereocenters. The van der Waals surface area contributed by atoms with Gasteiger partial charge >= 0.3 is 0 Å². The minimum absolute atomic E-state index is 0.447. The van der Waals surface area contributed by atoms with E-state index in [4.69, 9.17) is 25.8 Å². The summed E-state index contributed by atoms with van der Waals surface area (Å²) < 4.78 is 15.8. The van der Waals surface area contributed by atoms with E-state index < -0.39 is 5.60 Å². The molecule has 0 bridgehead atoms. The maximum atomic E-state index is 10.1. The molecule has 1 fully saturated rings. The van der Waals surface area contributed by atoms with Crippen LogP contribution in [0.2, 0.25) is 5.02 Å². The van der Waals surface area contributed by atoms with Crippen molar-refractivity contribution in [3.8, 4) is 17.2 Å². The molecule has 100 valence electrons. The summed E-state index contributed by atoms with van der Waals surface area (Å²) in [4.78, 5) is 0. The molecule has 0 aliphatic heterocycles. The highest BCUT2D eigenvalue weighted by molar-refractivity contribution is 6.33. The van der Waals surface area contributed by atoms with Crippen LogP contribution >= 0.6 is 11.6 Å². The van der Waals surface area contributed by atoms with E-state index in [0.717, 1.165) is 18.4 Å². The maximum Gasteiger partial charge on any atom is 0.165 e. The van der Waals surface area contributed by atoms with Gasteiger partial charge in [0.15, 0.2) is 11.5 Å². The molecule has 1 saturated carbocycles. The van der Waals surface area contributed by atoms with Crippen LogP contribution in [0.25, 0.3) is 0 Å². The predicted molar refractivity (Wildman–Crippen MR) is 69.0 cm³/mol. The Morgan fingerprint density at radius 2 is 1.78 bits per heavy atom. The smallest absolute Gasteiger partial charge is 0.165 e. The maximum absolute atomic E-state index is 10.1. The Kier molecular flexibility index (Phi) is 3.59. The largest absolute Gasteiger partial charge is 0.495 e. The van der Waals surface area contributed by atoms with Crippen LogP contribution in [0, 0.1) is 0 Å². The fraction of sp³-hybridized carbons (Fsp3) is 0.538. The normalized spacial score (nSPS) is 16.3. The third kappa shape index (κ3) is 2.35. The highest BCUT2D eigenvalue weighted by Gasteiger charge is 2.42. The number of hydrogen-bond donors (Lipinski definition) is 1. The van der Waals surface area contributed by atoms with E-state index in [2.05, 4.69) is 0 Å². The average molecular weight is 273 g/mol. The van der Waals surface area contributed by atoms with E-state index in [1.54, 1.807) is 27.4 Å². The molecule has 0 spiro atoms. The number of benzene rings is 1. The molecule has 1 aromatic carbocycles. The summed E-state index contributed by atoms with van der Waals surface area (Å²) in [5, 5.41) is 10.5. The molecule has 0 radical (unpaired) electrons. The Morgan fingerprint density at radius 1 is 1.17 bits per heavy atom. The van der Waals surface area contributed by atoms with Gasteiger partial charge in [-0.05, 0) is 12.8 Å². The molecule has 4 nitrogen and oxygen atoms in total. The molecule has 0 unspecified atom stereocenters. The first-order valence-electron chi connectivity index (χ1n) is 5.74. The highest BCUT2D eigenvalue weighted by atomic mass is 35.5. The van der Waals surface area contributed by atoms with E-state index in [1.165, 1.54) is 0 Å². The Bertz CT molecular complexity index is 455. The molecule has 1 aromatic rings. The zero-order chi connectivity index (χ0) is 13.3. The third-order valence-electron chi connectivity index (χ3n) is 3.22. The van der Waals surface area contributed by atoms with Crippen LogP contribution in [0.3, 0.4) is 0 Å². The van der Waals surface area contributed by atoms with Crippen molar-refractivity contribution in [2.45, 2.75) is 24.9 Å². The van der Waals surface area contributed by atoms with Crippen molar-refractivity contribution in [3.05, 3.63) is 16.7 Å². The lowest BCUT2D eigenvalue weighted by atomic mass is 10.0. The van der Waals surface area contributed by atoms with Crippen LogP contribution in [-0.2, 0) is 6.42 Å². The van der Waals surface area contributed by atoms with E-state index in [-0.39, 0.29) is 0 Å². The second-order valence-electron chi connectivity index (χ2n) is 4.51. The van der Waals surface area contributed by atoms with E-state index in [1.807, 2.05) is 0 Å². The zero-order valence-corrected chi connectivity index (χ0v) is 11.5. The number of aliphatic hydroxyl groups is 1. The van der Waals surface area contributed by atoms with E-state index >= 15 is 0 Å². The molecule has 1 aliphatic carbocycles. The first kappa shape index (κ1) is 13.3. The summed E-state index contributed by atoms with van der Waals surface area (Å²) in [5.41, 5.74) is 0.0734. The van der Waals surface area contributed by atoms with Crippen molar-refractivity contribution in [1.82, 2.24) is 0 Å². The van der Waals surface area contributed by atoms with Crippen molar-refractivity contribution in [3.63, 3.8) is 0 Å². The van der Waals surface area contributed by atoms with Gasteiger partial charge in [0.2, 0.25) is 0 Å². The van der Waals surface area contributed by atoms with Gasteiger partial charge in [-0.15, -0.1) is 0 Å². The number of hydrogen-bond acceptors (Lipinski definition) is 4. The van der Waals surface area contributed by atoms with Crippen molar-refractivity contribution in [2.24, 2.45) is 0 Å². The molecule has 2 rings (SSSR count).